The molecular weight excluding hydrogens is 338 g/mol. The van der Waals surface area contributed by atoms with Gasteiger partial charge in [-0.25, -0.2) is 0 Å². The van der Waals surface area contributed by atoms with E-state index in [4.69, 9.17) is 0 Å². The molecule has 1 nitrogen and oxygen atoms in total. The standard InChI is InChI=1S/C27H29N/c1-3-8-22(9-4-1)18-19-28-27(26-12-7-13-26)21-25-16-14-24(15-17-25)20-23-10-5-2-6-11-23/h1-6,8-11,14-17,28H,7,12-13,18-21H2. The van der Waals surface area contributed by atoms with Gasteiger partial charge in [0, 0.05) is 18.7 Å². The number of rotatable bonds is 8. The summed E-state index contributed by atoms with van der Waals surface area (Å²) in [5.74, 6) is 0. The van der Waals surface area contributed by atoms with E-state index in [9.17, 15) is 0 Å². The smallest absolute Gasteiger partial charge is 0.0184 e. The predicted molar refractivity (Wildman–Crippen MR) is 118 cm³/mol. The van der Waals surface area contributed by atoms with E-state index in [0.717, 1.165) is 25.8 Å². The molecule has 0 aromatic heterocycles. The van der Waals surface area contributed by atoms with E-state index in [1.165, 1.54) is 47.2 Å². The first kappa shape index (κ1) is 18.6. The summed E-state index contributed by atoms with van der Waals surface area (Å²) in [6.07, 6.45) is 6.97. The normalized spacial score (nSPS) is 13.1. The lowest BCUT2D eigenvalue weighted by molar-refractivity contribution is 0.617. The number of nitrogens with one attached hydrogen (secondary N) is 1. The van der Waals surface area contributed by atoms with Gasteiger partial charge in [-0.3, -0.25) is 0 Å². The molecule has 0 atom stereocenters. The maximum atomic E-state index is 3.75. The first-order chi connectivity index (χ1) is 13.9. The second-order valence-electron chi connectivity index (χ2n) is 7.75. The summed E-state index contributed by atoms with van der Waals surface area (Å²) in [6, 6.07) is 30.6. The van der Waals surface area contributed by atoms with Crippen molar-refractivity contribution in [2.75, 3.05) is 6.54 Å². The van der Waals surface area contributed by atoms with Crippen LogP contribution < -0.4 is 5.32 Å². The molecule has 1 saturated carbocycles. The number of allylic oxidation sites excluding steroid dienone is 2. The molecule has 1 aliphatic rings. The van der Waals surface area contributed by atoms with Crippen LogP contribution in [0.4, 0.5) is 0 Å². The van der Waals surface area contributed by atoms with Gasteiger partial charge >= 0.3 is 0 Å². The minimum atomic E-state index is 1.00. The molecule has 1 heteroatoms. The van der Waals surface area contributed by atoms with Crippen LogP contribution in [0.1, 0.15) is 41.5 Å². The third-order valence-electron chi connectivity index (χ3n) is 5.63. The minimum Gasteiger partial charge on any atom is -0.388 e. The van der Waals surface area contributed by atoms with Gasteiger partial charge in [0.15, 0.2) is 0 Å². The molecule has 1 aliphatic carbocycles. The van der Waals surface area contributed by atoms with Gasteiger partial charge in [0.25, 0.3) is 0 Å². The molecule has 0 saturated heterocycles. The maximum Gasteiger partial charge on any atom is 0.0184 e. The Hall–Kier alpha value is -2.80. The first-order valence-corrected chi connectivity index (χ1v) is 10.5. The zero-order chi connectivity index (χ0) is 19.0. The largest absolute Gasteiger partial charge is 0.388 e. The summed E-state index contributed by atoms with van der Waals surface area (Å²) in [6.45, 7) is 1.01. The van der Waals surface area contributed by atoms with Gasteiger partial charge in [0.2, 0.25) is 0 Å². The molecule has 3 aromatic rings. The van der Waals surface area contributed by atoms with Crippen LogP contribution >= 0.6 is 0 Å². The van der Waals surface area contributed by atoms with Crippen LogP contribution in [-0.4, -0.2) is 6.54 Å². The fourth-order valence-corrected chi connectivity index (χ4v) is 3.78. The molecule has 1 fully saturated rings. The van der Waals surface area contributed by atoms with Gasteiger partial charge in [-0.2, -0.15) is 0 Å². The lowest BCUT2D eigenvalue weighted by atomic mass is 9.88. The van der Waals surface area contributed by atoms with Crippen molar-refractivity contribution in [3.05, 3.63) is 118 Å². The zero-order valence-electron chi connectivity index (χ0n) is 16.5. The Morgan fingerprint density at radius 3 is 1.82 bits per heavy atom. The van der Waals surface area contributed by atoms with Gasteiger partial charge in [0.1, 0.15) is 0 Å². The highest BCUT2D eigenvalue weighted by Crippen LogP contribution is 2.29. The summed E-state index contributed by atoms with van der Waals surface area (Å²) >= 11 is 0. The molecule has 4 rings (SSSR count). The summed E-state index contributed by atoms with van der Waals surface area (Å²) in [4.78, 5) is 0. The highest BCUT2D eigenvalue weighted by Gasteiger charge is 2.15. The molecule has 0 heterocycles. The zero-order valence-corrected chi connectivity index (χ0v) is 16.5. The Bertz CT molecular complexity index is 886. The van der Waals surface area contributed by atoms with Crippen LogP contribution in [0.5, 0.6) is 0 Å². The van der Waals surface area contributed by atoms with E-state index < -0.39 is 0 Å². The van der Waals surface area contributed by atoms with Crippen molar-refractivity contribution in [1.29, 1.82) is 0 Å². The fourth-order valence-electron chi connectivity index (χ4n) is 3.78. The lowest BCUT2D eigenvalue weighted by Gasteiger charge is -2.24. The summed E-state index contributed by atoms with van der Waals surface area (Å²) in [5, 5.41) is 3.75. The van der Waals surface area contributed by atoms with Gasteiger partial charge in [-0.05, 0) is 54.4 Å². The highest BCUT2D eigenvalue weighted by atomic mass is 14.9. The van der Waals surface area contributed by atoms with Gasteiger partial charge in [-0.15, -0.1) is 0 Å². The maximum absolute atomic E-state index is 3.75. The van der Waals surface area contributed by atoms with Gasteiger partial charge in [-0.1, -0.05) is 90.5 Å². The SMILES string of the molecule is c1ccc(CCNC(Cc2ccc(Cc3ccccc3)cc2)=C2CCC2)cc1. The van der Waals surface area contributed by atoms with Crippen molar-refractivity contribution < 1.29 is 0 Å². The minimum absolute atomic E-state index is 1.00. The van der Waals surface area contributed by atoms with Crippen molar-refractivity contribution in [3.63, 3.8) is 0 Å². The number of hydrogen-bond donors (Lipinski definition) is 1. The van der Waals surface area contributed by atoms with Gasteiger partial charge < -0.3 is 5.32 Å². The molecule has 3 aromatic carbocycles. The molecule has 142 valence electrons. The molecule has 28 heavy (non-hydrogen) atoms. The Labute approximate surface area is 169 Å². The van der Waals surface area contributed by atoms with E-state index in [1.54, 1.807) is 5.57 Å². The lowest BCUT2D eigenvalue weighted by Crippen LogP contribution is -2.22. The molecule has 0 spiro atoms. The fraction of sp³-hybridized carbons (Fsp3) is 0.259. The Morgan fingerprint density at radius 2 is 1.21 bits per heavy atom. The van der Waals surface area contributed by atoms with E-state index in [1.807, 2.05) is 0 Å². The Kier molecular flexibility index (Phi) is 6.24. The van der Waals surface area contributed by atoms with Crippen molar-refractivity contribution in [2.45, 2.75) is 38.5 Å². The molecule has 0 radical (unpaired) electrons. The van der Waals surface area contributed by atoms with Crippen molar-refractivity contribution in [2.24, 2.45) is 0 Å². The second-order valence-corrected chi connectivity index (χ2v) is 7.75. The summed E-state index contributed by atoms with van der Waals surface area (Å²) < 4.78 is 0. The Morgan fingerprint density at radius 1 is 0.643 bits per heavy atom. The molecule has 0 aliphatic heterocycles. The van der Waals surface area contributed by atoms with E-state index in [2.05, 4.69) is 90.2 Å². The predicted octanol–water partition coefficient (Wildman–Crippen LogP) is 6.09. The van der Waals surface area contributed by atoms with Crippen LogP contribution in [0, 0.1) is 0 Å². The van der Waals surface area contributed by atoms with Gasteiger partial charge in [0.05, 0.1) is 0 Å². The molecule has 0 amide bonds. The third-order valence-corrected chi connectivity index (χ3v) is 5.63. The van der Waals surface area contributed by atoms with Crippen LogP contribution in [0.25, 0.3) is 0 Å². The molecule has 0 unspecified atom stereocenters. The Balaban J connectivity index is 1.36. The van der Waals surface area contributed by atoms with E-state index in [0.29, 0.717) is 0 Å². The van der Waals surface area contributed by atoms with Crippen molar-refractivity contribution >= 4 is 0 Å². The number of hydrogen-bond acceptors (Lipinski definition) is 1. The van der Waals surface area contributed by atoms with E-state index in [-0.39, 0.29) is 0 Å². The average Bonchev–Trinajstić information content (AvgIpc) is 2.70. The summed E-state index contributed by atoms with van der Waals surface area (Å²) in [5.41, 5.74) is 8.64. The highest BCUT2D eigenvalue weighted by molar-refractivity contribution is 5.32. The van der Waals surface area contributed by atoms with Crippen molar-refractivity contribution in [3.8, 4) is 0 Å². The monoisotopic (exact) mass is 367 g/mol. The van der Waals surface area contributed by atoms with E-state index >= 15 is 0 Å². The van der Waals surface area contributed by atoms with Crippen molar-refractivity contribution in [1.82, 2.24) is 5.32 Å². The van der Waals surface area contributed by atoms with Crippen LogP contribution in [0.3, 0.4) is 0 Å². The quantitative estimate of drug-likeness (QED) is 0.508. The topological polar surface area (TPSA) is 12.0 Å². The van der Waals surface area contributed by atoms with Crippen LogP contribution in [-0.2, 0) is 19.3 Å². The molecular formula is C27H29N. The summed E-state index contributed by atoms with van der Waals surface area (Å²) in [7, 11) is 0. The third kappa shape index (κ3) is 5.13. The number of benzene rings is 3. The average molecular weight is 368 g/mol. The molecule has 0 bridgehead atoms. The second kappa shape index (κ2) is 9.41. The van der Waals surface area contributed by atoms with Crippen LogP contribution in [0.2, 0.25) is 0 Å². The first-order valence-electron chi connectivity index (χ1n) is 10.5. The molecule has 1 N–H and O–H groups in total. The van der Waals surface area contributed by atoms with Crippen LogP contribution in [0.15, 0.2) is 96.2 Å².